The number of aryl methyl sites for hydroxylation is 4. The van der Waals surface area contributed by atoms with E-state index >= 15 is 0 Å². The van der Waals surface area contributed by atoms with Crippen molar-refractivity contribution < 1.29 is 0 Å². The quantitative estimate of drug-likeness (QED) is 0.0469. The zero-order valence-electron chi connectivity index (χ0n) is 51.2. The molecule has 0 saturated heterocycles. The van der Waals surface area contributed by atoms with Crippen molar-refractivity contribution in [1.29, 1.82) is 0 Å². The number of rotatable bonds is 22. The molecule has 4 heterocycles. The van der Waals surface area contributed by atoms with Gasteiger partial charge in [-0.15, -0.1) is 45.3 Å². The van der Waals surface area contributed by atoms with Crippen molar-refractivity contribution in [2.45, 2.75) is 208 Å². The van der Waals surface area contributed by atoms with Crippen molar-refractivity contribution in [1.82, 2.24) is 0 Å². The Labute approximate surface area is 512 Å². The minimum atomic E-state index is -0.114. The Kier molecular flexibility index (Phi) is 23.3. The molecule has 82 heavy (non-hydrogen) atoms. The van der Waals surface area contributed by atoms with Gasteiger partial charge in [-0.2, -0.15) is 0 Å². The zero-order valence-corrected chi connectivity index (χ0v) is 54.4. The smallest absolute Gasteiger partial charge is 0.0775 e. The Balaban J connectivity index is 1.28. The molecule has 0 aliphatic rings. The first-order valence-corrected chi connectivity index (χ1v) is 34.3. The van der Waals surface area contributed by atoms with Gasteiger partial charge in [0.2, 0.25) is 0 Å². The summed E-state index contributed by atoms with van der Waals surface area (Å²) in [5.41, 5.74) is 10.7. The monoisotopic (exact) mass is 1150 g/mol. The maximum absolute atomic E-state index is 3.78. The summed E-state index contributed by atoms with van der Waals surface area (Å²) in [6.45, 7) is 22.9. The van der Waals surface area contributed by atoms with Crippen LogP contribution in [0.5, 0.6) is 0 Å². The average Bonchev–Trinajstić information content (AvgIpc) is 4.44. The predicted molar refractivity (Wildman–Crippen MR) is 365 cm³/mol. The molecule has 0 radical (unpaired) electrons. The standard InChI is InChI=1S/C78H88S4/c1-11-15-19-23-27-67-43-47-71(79-67)39-35-60-53-65(77(5,6)7)54-61(36-40-72-48-44-68(80-72)28-24-20-16-12-2)75(60)58-33-31-57-32-34-59(52-64(57)51-58)76-62(37-41-73-49-45-69(81-73)29-25-21-17-13-3)55-66(78(8,9)10)56-63(76)38-42-74-50-46-70(82-74)30-26-22-18-14-4/h31-34,43-56H,11-30H2,1-10H3. The van der Waals surface area contributed by atoms with Gasteiger partial charge in [0.1, 0.15) is 0 Å². The highest BCUT2D eigenvalue weighted by molar-refractivity contribution is 7.13. The lowest BCUT2D eigenvalue weighted by Gasteiger charge is -2.22. The minimum absolute atomic E-state index is 0.114. The van der Waals surface area contributed by atoms with E-state index in [1.807, 2.05) is 45.3 Å². The first-order chi connectivity index (χ1) is 39.7. The maximum Gasteiger partial charge on any atom is 0.0775 e. The molecular formula is C78H88S4. The molecule has 0 aliphatic carbocycles. The molecule has 0 N–H and O–H groups in total. The fourth-order valence-corrected chi connectivity index (χ4v) is 14.1. The Morgan fingerprint density at radius 1 is 0.293 bits per heavy atom. The van der Waals surface area contributed by atoms with Crippen LogP contribution < -0.4 is 0 Å². The third kappa shape index (κ3) is 18.1. The van der Waals surface area contributed by atoms with Crippen molar-refractivity contribution in [3.63, 3.8) is 0 Å². The van der Waals surface area contributed by atoms with E-state index in [2.05, 4.69) is 226 Å². The van der Waals surface area contributed by atoms with Crippen molar-refractivity contribution in [3.8, 4) is 69.6 Å². The number of thiophene rings is 4. The summed E-state index contributed by atoms with van der Waals surface area (Å²) in [6.07, 6.45) is 24.7. The summed E-state index contributed by atoms with van der Waals surface area (Å²) in [6, 6.07) is 41.3. The second-order valence-corrected chi connectivity index (χ2v) is 29.1. The van der Waals surface area contributed by atoms with Crippen LogP contribution in [0.3, 0.4) is 0 Å². The maximum atomic E-state index is 3.78. The molecule has 8 rings (SSSR count). The molecule has 0 nitrogen and oxygen atoms in total. The molecule has 0 aliphatic heterocycles. The lowest BCUT2D eigenvalue weighted by Crippen LogP contribution is -2.12. The van der Waals surface area contributed by atoms with Crippen molar-refractivity contribution in [3.05, 3.63) is 182 Å². The molecule has 0 unspecified atom stereocenters. The molecule has 0 amide bonds. The highest BCUT2D eigenvalue weighted by Crippen LogP contribution is 2.39. The van der Waals surface area contributed by atoms with Gasteiger partial charge in [0, 0.05) is 52.9 Å². The second kappa shape index (κ2) is 30.6. The fraction of sp³-hybridized carbons (Fsp3) is 0.410. The lowest BCUT2D eigenvalue weighted by molar-refractivity contribution is 0.589. The molecule has 4 aromatic heterocycles. The molecule has 4 aromatic carbocycles. The van der Waals surface area contributed by atoms with E-state index in [1.165, 1.54) is 139 Å². The topological polar surface area (TPSA) is 0 Å². The Bertz CT molecular complexity index is 3230. The van der Waals surface area contributed by atoms with Crippen LogP contribution in [0.25, 0.3) is 33.0 Å². The number of fused-ring (bicyclic) bond motifs is 1. The van der Waals surface area contributed by atoms with E-state index in [0.717, 1.165) is 95.1 Å². The summed E-state index contributed by atoms with van der Waals surface area (Å²) in [5.74, 6) is 29.8. The third-order valence-electron chi connectivity index (χ3n) is 15.5. The van der Waals surface area contributed by atoms with Gasteiger partial charge < -0.3 is 0 Å². The molecule has 0 fully saturated rings. The molecule has 0 atom stereocenters. The van der Waals surface area contributed by atoms with E-state index in [-0.39, 0.29) is 10.8 Å². The predicted octanol–water partition coefficient (Wildman–Crippen LogP) is 23.1. The van der Waals surface area contributed by atoms with E-state index in [1.54, 1.807) is 0 Å². The van der Waals surface area contributed by atoms with Crippen LogP contribution in [0.2, 0.25) is 0 Å². The lowest BCUT2D eigenvalue weighted by atomic mass is 9.81. The first kappa shape index (κ1) is 62.2. The highest BCUT2D eigenvalue weighted by atomic mass is 32.1. The van der Waals surface area contributed by atoms with Crippen LogP contribution >= 0.6 is 45.3 Å². The number of hydrogen-bond acceptors (Lipinski definition) is 4. The van der Waals surface area contributed by atoms with Crippen LogP contribution in [0, 0.1) is 47.4 Å². The van der Waals surface area contributed by atoms with Crippen LogP contribution in [0.4, 0.5) is 0 Å². The molecule has 8 aromatic rings. The van der Waals surface area contributed by atoms with Gasteiger partial charge >= 0.3 is 0 Å². The normalized spacial score (nSPS) is 11.4. The summed E-state index contributed by atoms with van der Waals surface area (Å²) < 4.78 is 0. The van der Waals surface area contributed by atoms with Gasteiger partial charge in [0.05, 0.1) is 19.5 Å². The number of hydrogen-bond donors (Lipinski definition) is 0. The summed E-state index contributed by atoms with van der Waals surface area (Å²) in [7, 11) is 0. The minimum Gasteiger partial charge on any atom is -0.132 e. The average molecular weight is 1150 g/mol. The van der Waals surface area contributed by atoms with Crippen LogP contribution in [0.15, 0.2) is 109 Å². The Hall–Kier alpha value is -5.82. The molecular weight excluding hydrogens is 1070 g/mol. The number of benzene rings is 4. The van der Waals surface area contributed by atoms with Crippen molar-refractivity contribution >= 4 is 56.1 Å². The van der Waals surface area contributed by atoms with Gasteiger partial charge in [-0.25, -0.2) is 0 Å². The molecule has 0 spiro atoms. The van der Waals surface area contributed by atoms with E-state index in [9.17, 15) is 0 Å². The SMILES string of the molecule is CCCCCCc1ccc(C#Cc2cc(C(C)(C)C)cc(C#Cc3ccc(CCCCCC)s3)c2-c2ccc3ccc(-c4c(C#Cc5ccc(CCCCCC)s5)cc(C(C)(C)C)cc4C#Cc4ccc(CCCCCC)s4)cc3c2)s1. The largest absolute Gasteiger partial charge is 0.132 e. The van der Waals surface area contributed by atoms with Gasteiger partial charge in [-0.05, 0) is 180 Å². The fourth-order valence-electron chi connectivity index (χ4n) is 10.5. The van der Waals surface area contributed by atoms with Crippen molar-refractivity contribution in [2.24, 2.45) is 0 Å². The molecule has 424 valence electrons. The second-order valence-electron chi connectivity index (χ2n) is 24.5. The van der Waals surface area contributed by atoms with Gasteiger partial charge in [0.15, 0.2) is 0 Å². The Morgan fingerprint density at radius 3 is 0.829 bits per heavy atom. The molecule has 4 heteroatoms. The first-order valence-electron chi connectivity index (χ1n) is 31.1. The highest BCUT2D eigenvalue weighted by Gasteiger charge is 2.22. The molecule has 0 saturated carbocycles. The van der Waals surface area contributed by atoms with E-state index in [4.69, 9.17) is 0 Å². The summed E-state index contributed by atoms with van der Waals surface area (Å²) >= 11 is 7.38. The van der Waals surface area contributed by atoms with Crippen LogP contribution in [-0.4, -0.2) is 0 Å². The van der Waals surface area contributed by atoms with Crippen LogP contribution in [-0.2, 0) is 36.5 Å². The van der Waals surface area contributed by atoms with E-state index in [0.29, 0.717) is 0 Å². The number of unbranched alkanes of at least 4 members (excludes halogenated alkanes) is 12. The van der Waals surface area contributed by atoms with Crippen molar-refractivity contribution in [2.75, 3.05) is 0 Å². The zero-order chi connectivity index (χ0) is 57.9. The van der Waals surface area contributed by atoms with Gasteiger partial charge in [-0.1, -0.05) is 218 Å². The van der Waals surface area contributed by atoms with Gasteiger partial charge in [-0.3, -0.25) is 0 Å². The van der Waals surface area contributed by atoms with Crippen LogP contribution in [0.1, 0.15) is 244 Å². The van der Waals surface area contributed by atoms with Gasteiger partial charge in [0.25, 0.3) is 0 Å². The summed E-state index contributed by atoms with van der Waals surface area (Å²) in [5, 5.41) is 2.33. The van der Waals surface area contributed by atoms with E-state index < -0.39 is 0 Å². The molecule has 0 bridgehead atoms. The third-order valence-corrected chi connectivity index (χ3v) is 19.7. The Morgan fingerprint density at radius 2 is 0.573 bits per heavy atom. The summed E-state index contributed by atoms with van der Waals surface area (Å²) in [4.78, 5) is 10.1.